The molecule has 0 bridgehead atoms. The summed E-state index contributed by atoms with van der Waals surface area (Å²) in [6, 6.07) is 15.9. The van der Waals surface area contributed by atoms with Crippen molar-refractivity contribution in [2.24, 2.45) is 5.92 Å². The van der Waals surface area contributed by atoms with Crippen LogP contribution in [0.25, 0.3) is 0 Å². The van der Waals surface area contributed by atoms with E-state index in [-0.39, 0.29) is 36.5 Å². The molecular weight excluding hydrogens is 362 g/mol. The molecule has 7 nitrogen and oxygen atoms in total. The van der Waals surface area contributed by atoms with Crippen molar-refractivity contribution in [3.63, 3.8) is 0 Å². The van der Waals surface area contributed by atoms with Gasteiger partial charge in [0, 0.05) is 18.1 Å². The van der Waals surface area contributed by atoms with Crippen LogP contribution in [0.3, 0.4) is 0 Å². The van der Waals surface area contributed by atoms with E-state index in [9.17, 15) is 14.9 Å². The third kappa shape index (κ3) is 5.15. The van der Waals surface area contributed by atoms with Crippen molar-refractivity contribution in [2.45, 2.75) is 32.2 Å². The Morgan fingerprint density at radius 3 is 2.39 bits per heavy atom. The average Bonchev–Trinajstić information content (AvgIpc) is 3.25. The average molecular weight is 385 g/mol. The Labute approximate surface area is 163 Å². The van der Waals surface area contributed by atoms with Crippen molar-refractivity contribution in [1.82, 2.24) is 0 Å². The Morgan fingerprint density at radius 2 is 1.79 bits per heavy atom. The molecule has 0 saturated carbocycles. The van der Waals surface area contributed by atoms with Gasteiger partial charge in [-0.15, -0.1) is 0 Å². The first-order valence-corrected chi connectivity index (χ1v) is 9.21. The van der Waals surface area contributed by atoms with Gasteiger partial charge in [-0.05, 0) is 29.2 Å². The molecule has 1 aliphatic heterocycles. The smallest absolute Gasteiger partial charge is 0.306 e. The van der Waals surface area contributed by atoms with Gasteiger partial charge in [-0.2, -0.15) is 0 Å². The largest absolute Gasteiger partial charge is 0.461 e. The number of hydrogen-bond donors (Lipinski definition) is 0. The molecule has 0 spiro atoms. The molecule has 0 amide bonds. The number of carbonyl (C=O) groups excluding carboxylic acids is 1. The quantitative estimate of drug-likeness (QED) is 0.390. The Hall–Kier alpha value is -2.77. The van der Waals surface area contributed by atoms with E-state index in [0.717, 1.165) is 5.56 Å². The zero-order valence-corrected chi connectivity index (χ0v) is 15.7. The van der Waals surface area contributed by atoms with E-state index in [4.69, 9.17) is 14.2 Å². The molecule has 0 N–H and O–H groups in total. The van der Waals surface area contributed by atoms with Crippen LogP contribution in [-0.2, 0) is 25.6 Å². The van der Waals surface area contributed by atoms with E-state index in [1.165, 1.54) is 12.1 Å². The molecule has 2 unspecified atom stereocenters. The monoisotopic (exact) mass is 385 g/mol. The number of nitro groups is 1. The molecule has 7 heteroatoms. The summed E-state index contributed by atoms with van der Waals surface area (Å²) in [5.74, 6) is -0.476. The van der Waals surface area contributed by atoms with Gasteiger partial charge in [0.2, 0.25) is 0 Å². The van der Waals surface area contributed by atoms with Crippen molar-refractivity contribution in [1.29, 1.82) is 0 Å². The first-order valence-electron chi connectivity index (χ1n) is 9.21. The van der Waals surface area contributed by atoms with Crippen molar-refractivity contribution in [3.8, 4) is 0 Å². The molecule has 2 aromatic carbocycles. The molecular formula is C21H23NO6. The number of esters is 1. The van der Waals surface area contributed by atoms with E-state index >= 15 is 0 Å². The summed E-state index contributed by atoms with van der Waals surface area (Å²) in [5.41, 5.74) is 1.80. The molecule has 1 saturated heterocycles. The predicted molar refractivity (Wildman–Crippen MR) is 102 cm³/mol. The lowest BCUT2D eigenvalue weighted by atomic mass is 9.85. The van der Waals surface area contributed by atoms with E-state index in [1.807, 2.05) is 30.3 Å². The minimum atomic E-state index is -0.465. The van der Waals surface area contributed by atoms with Crippen LogP contribution in [0, 0.1) is 16.0 Å². The topological polar surface area (TPSA) is 87.9 Å². The first kappa shape index (κ1) is 20.0. The lowest BCUT2D eigenvalue weighted by Crippen LogP contribution is -2.29. The second-order valence-corrected chi connectivity index (χ2v) is 6.76. The SMILES string of the molecule is CC(c1ccccc1)C(CC(=O)OCc1ccc([N+](=O)[O-])cc1)C1OCCO1. The van der Waals surface area contributed by atoms with Crippen LogP contribution in [0.4, 0.5) is 5.69 Å². The van der Waals surface area contributed by atoms with Crippen LogP contribution < -0.4 is 0 Å². The van der Waals surface area contributed by atoms with E-state index in [2.05, 4.69) is 6.92 Å². The maximum absolute atomic E-state index is 12.5. The van der Waals surface area contributed by atoms with Crippen LogP contribution in [0.2, 0.25) is 0 Å². The minimum absolute atomic E-state index is 0.00218. The Bertz CT molecular complexity index is 786. The number of ether oxygens (including phenoxy) is 3. The lowest BCUT2D eigenvalue weighted by Gasteiger charge is -2.27. The fourth-order valence-corrected chi connectivity index (χ4v) is 3.27. The first-order chi connectivity index (χ1) is 13.5. The number of nitrogens with zero attached hydrogens (tertiary/aromatic N) is 1. The number of non-ortho nitro benzene ring substituents is 1. The fraction of sp³-hybridized carbons (Fsp3) is 0.381. The highest BCUT2D eigenvalue weighted by atomic mass is 16.7. The zero-order chi connectivity index (χ0) is 19.9. The Morgan fingerprint density at radius 1 is 1.14 bits per heavy atom. The van der Waals surface area contributed by atoms with Gasteiger partial charge in [-0.25, -0.2) is 0 Å². The van der Waals surface area contributed by atoms with Gasteiger partial charge in [0.05, 0.1) is 24.6 Å². The normalized spacial score (nSPS) is 16.5. The summed E-state index contributed by atoms with van der Waals surface area (Å²) in [7, 11) is 0. The molecule has 0 radical (unpaired) electrons. The number of carbonyl (C=O) groups is 1. The van der Waals surface area contributed by atoms with Gasteiger partial charge < -0.3 is 14.2 Å². The highest BCUT2D eigenvalue weighted by Crippen LogP contribution is 2.33. The van der Waals surface area contributed by atoms with Crippen LogP contribution in [0.15, 0.2) is 54.6 Å². The van der Waals surface area contributed by atoms with Gasteiger partial charge in [0.25, 0.3) is 5.69 Å². The predicted octanol–water partition coefficient (Wildman–Crippen LogP) is 3.82. The summed E-state index contributed by atoms with van der Waals surface area (Å²) in [4.78, 5) is 22.7. The maximum Gasteiger partial charge on any atom is 0.306 e. The third-order valence-corrected chi connectivity index (χ3v) is 4.91. The number of benzene rings is 2. The summed E-state index contributed by atoms with van der Waals surface area (Å²) in [6.07, 6.45) is -0.282. The molecule has 3 rings (SSSR count). The Kier molecular flexibility index (Phi) is 6.73. The summed E-state index contributed by atoms with van der Waals surface area (Å²) < 4.78 is 16.7. The lowest BCUT2D eigenvalue weighted by molar-refractivity contribution is -0.384. The van der Waals surface area contributed by atoms with E-state index in [0.29, 0.717) is 18.8 Å². The standard InChI is InChI=1S/C21H23NO6/c1-15(17-5-3-2-4-6-17)19(21-26-11-12-27-21)13-20(23)28-14-16-7-9-18(10-8-16)22(24)25/h2-10,15,19,21H,11-14H2,1H3. The number of hydrogen-bond acceptors (Lipinski definition) is 6. The molecule has 2 aromatic rings. The molecule has 1 heterocycles. The molecule has 1 aliphatic rings. The minimum Gasteiger partial charge on any atom is -0.461 e. The highest BCUT2D eigenvalue weighted by molar-refractivity contribution is 5.70. The van der Waals surface area contributed by atoms with Crippen LogP contribution in [0.1, 0.15) is 30.4 Å². The van der Waals surface area contributed by atoms with Gasteiger partial charge in [0.1, 0.15) is 6.61 Å². The van der Waals surface area contributed by atoms with Crippen molar-refractivity contribution in [2.75, 3.05) is 13.2 Å². The summed E-state index contributed by atoms with van der Waals surface area (Å²) in [5, 5.41) is 10.7. The van der Waals surface area contributed by atoms with Gasteiger partial charge in [-0.1, -0.05) is 37.3 Å². The molecule has 148 valence electrons. The van der Waals surface area contributed by atoms with Crippen LogP contribution in [-0.4, -0.2) is 30.4 Å². The van der Waals surface area contributed by atoms with Gasteiger partial charge >= 0.3 is 5.97 Å². The van der Waals surface area contributed by atoms with Crippen molar-refractivity contribution >= 4 is 11.7 Å². The van der Waals surface area contributed by atoms with Crippen molar-refractivity contribution in [3.05, 3.63) is 75.8 Å². The maximum atomic E-state index is 12.5. The molecule has 28 heavy (non-hydrogen) atoms. The number of nitro benzene ring substituents is 1. The third-order valence-electron chi connectivity index (χ3n) is 4.91. The second-order valence-electron chi connectivity index (χ2n) is 6.76. The fourth-order valence-electron chi connectivity index (χ4n) is 3.27. The molecule has 0 aromatic heterocycles. The van der Waals surface area contributed by atoms with E-state index in [1.54, 1.807) is 12.1 Å². The molecule has 2 atom stereocenters. The van der Waals surface area contributed by atoms with E-state index < -0.39 is 11.2 Å². The summed E-state index contributed by atoms with van der Waals surface area (Å²) in [6.45, 7) is 3.14. The highest BCUT2D eigenvalue weighted by Gasteiger charge is 2.34. The van der Waals surface area contributed by atoms with Gasteiger partial charge in [0.15, 0.2) is 6.29 Å². The zero-order valence-electron chi connectivity index (χ0n) is 15.7. The second kappa shape index (κ2) is 9.43. The summed E-state index contributed by atoms with van der Waals surface area (Å²) >= 11 is 0. The Balaban J connectivity index is 1.61. The van der Waals surface area contributed by atoms with Gasteiger partial charge in [-0.3, -0.25) is 14.9 Å². The molecule has 1 fully saturated rings. The van der Waals surface area contributed by atoms with Crippen LogP contribution >= 0.6 is 0 Å². The molecule has 0 aliphatic carbocycles. The van der Waals surface area contributed by atoms with Crippen LogP contribution in [0.5, 0.6) is 0 Å². The van der Waals surface area contributed by atoms with Crippen molar-refractivity contribution < 1.29 is 23.9 Å². The number of rotatable bonds is 8.